The van der Waals surface area contributed by atoms with Gasteiger partial charge in [-0.2, -0.15) is 0 Å². The number of rotatable bonds is 1. The first-order valence-electron chi connectivity index (χ1n) is 7.81. The zero-order valence-electron chi connectivity index (χ0n) is 12.8. The van der Waals surface area contributed by atoms with E-state index in [9.17, 15) is 9.59 Å². The Morgan fingerprint density at radius 2 is 2.00 bits per heavy atom. The fraction of sp³-hybridized carbons (Fsp3) is 0.375. The van der Waals surface area contributed by atoms with Gasteiger partial charge in [-0.15, -0.1) is 5.10 Å². The monoisotopic (exact) mass is 311 g/mol. The average Bonchev–Trinajstić information content (AvgIpc) is 3.01. The number of para-hydroxylation sites is 2. The van der Waals surface area contributed by atoms with E-state index in [2.05, 4.69) is 22.2 Å². The van der Waals surface area contributed by atoms with Gasteiger partial charge in [-0.1, -0.05) is 24.3 Å². The van der Waals surface area contributed by atoms with E-state index < -0.39 is 0 Å². The molecule has 3 aromatic rings. The lowest BCUT2D eigenvalue weighted by Gasteiger charge is -2.29. The molecule has 4 rings (SSSR count). The second-order valence-electron chi connectivity index (χ2n) is 6.14. The van der Waals surface area contributed by atoms with Crippen molar-refractivity contribution in [2.45, 2.75) is 19.8 Å². The molecule has 0 radical (unpaired) electrons. The fourth-order valence-electron chi connectivity index (χ4n) is 3.11. The molecular weight excluding hydrogens is 294 g/mol. The molecule has 1 aromatic carbocycles. The summed E-state index contributed by atoms with van der Waals surface area (Å²) in [4.78, 5) is 29.7. The van der Waals surface area contributed by atoms with E-state index in [-0.39, 0.29) is 22.7 Å². The molecule has 1 saturated heterocycles. The summed E-state index contributed by atoms with van der Waals surface area (Å²) in [6, 6.07) is 7.33. The number of nitrogens with zero attached hydrogens (tertiary/aromatic N) is 4. The van der Waals surface area contributed by atoms with Gasteiger partial charge in [0.2, 0.25) is 0 Å². The van der Waals surface area contributed by atoms with Gasteiger partial charge in [0, 0.05) is 13.1 Å². The molecule has 0 saturated carbocycles. The summed E-state index contributed by atoms with van der Waals surface area (Å²) in [5.41, 5.74) is 1.39. The summed E-state index contributed by atoms with van der Waals surface area (Å²) in [5.74, 6) is 0.413. The van der Waals surface area contributed by atoms with Crippen molar-refractivity contribution in [3.8, 4) is 0 Å². The zero-order valence-corrected chi connectivity index (χ0v) is 12.8. The minimum absolute atomic E-state index is 0.131. The molecule has 1 N–H and O–H groups in total. The highest BCUT2D eigenvalue weighted by molar-refractivity contribution is 5.99. The molecule has 1 amide bonds. The summed E-state index contributed by atoms with van der Waals surface area (Å²) in [5, 5.41) is 8.04. The normalized spacial score (nSPS) is 16.3. The summed E-state index contributed by atoms with van der Waals surface area (Å²) in [6.45, 7) is 3.58. The van der Waals surface area contributed by atoms with E-state index in [0.717, 1.165) is 18.4 Å². The zero-order chi connectivity index (χ0) is 16.0. The van der Waals surface area contributed by atoms with Gasteiger partial charge < -0.3 is 9.88 Å². The number of likely N-dealkylation sites (tertiary alicyclic amines) is 1. The Labute approximate surface area is 131 Å². The molecular formula is C16H17N5O2. The van der Waals surface area contributed by atoms with E-state index >= 15 is 0 Å². The maximum atomic E-state index is 12.7. The van der Waals surface area contributed by atoms with Crippen LogP contribution in [0.3, 0.4) is 0 Å². The number of carbonyl (C=O) groups is 1. The molecule has 1 aliphatic rings. The largest absolute Gasteiger partial charge is 0.337 e. The predicted octanol–water partition coefficient (Wildman–Crippen LogP) is 1.44. The van der Waals surface area contributed by atoms with E-state index in [1.54, 1.807) is 11.0 Å². The Morgan fingerprint density at radius 1 is 1.26 bits per heavy atom. The number of carbonyl (C=O) groups excluding carboxylic acids is 1. The van der Waals surface area contributed by atoms with Crippen molar-refractivity contribution >= 4 is 22.5 Å². The van der Waals surface area contributed by atoms with Crippen LogP contribution in [-0.4, -0.2) is 43.7 Å². The fourth-order valence-corrected chi connectivity index (χ4v) is 3.11. The topological polar surface area (TPSA) is 83.4 Å². The Kier molecular flexibility index (Phi) is 3.14. The van der Waals surface area contributed by atoms with Crippen molar-refractivity contribution in [1.29, 1.82) is 0 Å². The van der Waals surface area contributed by atoms with Gasteiger partial charge in [-0.05, 0) is 30.9 Å². The molecule has 7 heteroatoms. The van der Waals surface area contributed by atoms with Crippen LogP contribution in [0.15, 0.2) is 29.1 Å². The van der Waals surface area contributed by atoms with Crippen molar-refractivity contribution in [2.75, 3.05) is 13.1 Å². The Hall–Kier alpha value is -2.70. The lowest BCUT2D eigenvalue weighted by molar-refractivity contribution is 0.0693. The maximum Gasteiger partial charge on any atom is 0.277 e. The number of amides is 1. The van der Waals surface area contributed by atoms with Gasteiger partial charge in [0.15, 0.2) is 11.2 Å². The number of H-pyrrole nitrogens is 1. The molecule has 3 heterocycles. The smallest absolute Gasteiger partial charge is 0.277 e. The van der Waals surface area contributed by atoms with Gasteiger partial charge in [-0.3, -0.25) is 9.59 Å². The van der Waals surface area contributed by atoms with Crippen LogP contribution in [0.25, 0.3) is 16.6 Å². The van der Waals surface area contributed by atoms with Gasteiger partial charge >= 0.3 is 0 Å². The van der Waals surface area contributed by atoms with Crippen molar-refractivity contribution in [3.63, 3.8) is 0 Å². The van der Waals surface area contributed by atoms with Crippen LogP contribution in [0.1, 0.15) is 30.3 Å². The number of hydrogen-bond acceptors (Lipinski definition) is 4. The number of aromatic nitrogens is 4. The standard InChI is InChI=1S/C16H17N5O2/c1-10-6-8-20(9-7-10)16(23)13-14-15(22)17-11-4-2-3-5-12(11)21(14)19-18-13/h2-5,10H,6-9H2,1H3,(H,17,22). The SMILES string of the molecule is CC1CCN(C(=O)c2nnn3c2c(=O)[nH]c2ccccc23)CC1. The van der Waals surface area contributed by atoms with Crippen molar-refractivity contribution in [3.05, 3.63) is 40.3 Å². The first-order valence-corrected chi connectivity index (χ1v) is 7.81. The number of aromatic amines is 1. The maximum absolute atomic E-state index is 12.7. The number of fused-ring (bicyclic) bond motifs is 3. The quantitative estimate of drug-likeness (QED) is 0.737. The van der Waals surface area contributed by atoms with Crippen molar-refractivity contribution in [1.82, 2.24) is 24.7 Å². The molecule has 23 heavy (non-hydrogen) atoms. The summed E-state index contributed by atoms with van der Waals surface area (Å²) < 4.78 is 1.45. The lowest BCUT2D eigenvalue weighted by atomic mass is 9.99. The number of nitrogens with one attached hydrogen (secondary N) is 1. The van der Waals surface area contributed by atoms with Crippen molar-refractivity contribution in [2.24, 2.45) is 5.92 Å². The predicted molar refractivity (Wildman–Crippen MR) is 85.4 cm³/mol. The van der Waals surface area contributed by atoms with Crippen LogP contribution in [-0.2, 0) is 0 Å². The second-order valence-corrected chi connectivity index (χ2v) is 6.14. The van der Waals surface area contributed by atoms with Crippen LogP contribution in [0.4, 0.5) is 0 Å². The Morgan fingerprint density at radius 3 is 2.78 bits per heavy atom. The number of hydrogen-bond donors (Lipinski definition) is 1. The Balaban J connectivity index is 1.84. The summed E-state index contributed by atoms with van der Waals surface area (Å²) >= 11 is 0. The highest BCUT2D eigenvalue weighted by atomic mass is 16.2. The van der Waals surface area contributed by atoms with Crippen LogP contribution < -0.4 is 5.56 Å². The van der Waals surface area contributed by atoms with E-state index in [0.29, 0.717) is 24.5 Å². The average molecular weight is 311 g/mol. The third-order valence-corrected chi connectivity index (χ3v) is 4.54. The highest BCUT2D eigenvalue weighted by Crippen LogP contribution is 2.19. The molecule has 1 fully saturated rings. The Bertz CT molecular complexity index is 950. The summed E-state index contributed by atoms with van der Waals surface area (Å²) in [7, 11) is 0. The van der Waals surface area contributed by atoms with E-state index in [1.807, 2.05) is 18.2 Å². The molecule has 1 aliphatic heterocycles. The van der Waals surface area contributed by atoms with E-state index in [4.69, 9.17) is 0 Å². The number of benzene rings is 1. The lowest BCUT2D eigenvalue weighted by Crippen LogP contribution is -2.38. The molecule has 118 valence electrons. The van der Waals surface area contributed by atoms with Gasteiger partial charge in [0.1, 0.15) is 0 Å². The molecule has 0 aliphatic carbocycles. The van der Waals surface area contributed by atoms with Gasteiger partial charge in [0.05, 0.1) is 11.0 Å². The molecule has 0 bridgehead atoms. The minimum atomic E-state index is -0.345. The third-order valence-electron chi connectivity index (χ3n) is 4.54. The van der Waals surface area contributed by atoms with Crippen LogP contribution in [0.5, 0.6) is 0 Å². The third kappa shape index (κ3) is 2.19. The summed E-state index contributed by atoms with van der Waals surface area (Å²) in [6.07, 6.45) is 1.95. The molecule has 2 aromatic heterocycles. The van der Waals surface area contributed by atoms with E-state index in [1.165, 1.54) is 4.52 Å². The minimum Gasteiger partial charge on any atom is -0.337 e. The molecule has 0 atom stereocenters. The second kappa shape index (κ2) is 5.19. The van der Waals surface area contributed by atoms with Crippen LogP contribution >= 0.6 is 0 Å². The number of piperidine rings is 1. The van der Waals surface area contributed by atoms with Crippen molar-refractivity contribution < 1.29 is 4.79 Å². The van der Waals surface area contributed by atoms with Gasteiger partial charge in [-0.25, -0.2) is 4.52 Å². The highest BCUT2D eigenvalue weighted by Gasteiger charge is 2.26. The molecule has 0 spiro atoms. The van der Waals surface area contributed by atoms with Crippen LogP contribution in [0.2, 0.25) is 0 Å². The van der Waals surface area contributed by atoms with Gasteiger partial charge in [0.25, 0.3) is 11.5 Å². The molecule has 7 nitrogen and oxygen atoms in total. The first kappa shape index (κ1) is 13.9. The first-order chi connectivity index (χ1) is 11.1. The molecule has 0 unspecified atom stereocenters. The van der Waals surface area contributed by atoms with Crippen LogP contribution in [0, 0.1) is 5.92 Å².